The van der Waals surface area contributed by atoms with Gasteiger partial charge in [-0.1, -0.05) is 63.3 Å². The van der Waals surface area contributed by atoms with Crippen LogP contribution in [0.1, 0.15) is 77.9 Å². The molecular formula is C35H39FN2O3. The molecule has 5 nitrogen and oxygen atoms in total. The van der Waals surface area contributed by atoms with Crippen LogP contribution < -0.4 is 4.74 Å². The van der Waals surface area contributed by atoms with Crippen molar-refractivity contribution in [3.63, 3.8) is 0 Å². The standard InChI is InChI=1S/C35H39FN2O3/c1-6-10-19-37(5)31(8-3)25-13-11-24(12-14-25)26-15-18-33-27(22-26)23-38(20-21-41-33)35(40)29-16-17-30(32(39)9-4)34(36)28(29)7-2/h8,10-19,22H,6-7,9,20-21,23H2,1-5H3. The van der Waals surface area contributed by atoms with Crippen molar-refractivity contribution in [2.24, 2.45) is 0 Å². The highest BCUT2D eigenvalue weighted by atomic mass is 19.1. The molecule has 41 heavy (non-hydrogen) atoms. The molecule has 214 valence electrons. The first kappa shape index (κ1) is 29.8. The number of nitrogens with zero attached hydrogens (tertiary/aromatic N) is 2. The summed E-state index contributed by atoms with van der Waals surface area (Å²) in [6.07, 6.45) is 7.83. The molecule has 0 fully saturated rings. The van der Waals surface area contributed by atoms with Crippen molar-refractivity contribution in [3.8, 4) is 16.9 Å². The molecule has 4 rings (SSSR count). The molecule has 0 bridgehead atoms. The molecule has 1 aliphatic rings. The molecule has 0 spiro atoms. The second-order valence-corrected chi connectivity index (χ2v) is 10.1. The van der Waals surface area contributed by atoms with Crippen molar-refractivity contribution in [3.05, 3.63) is 107 Å². The maximum Gasteiger partial charge on any atom is 0.254 e. The summed E-state index contributed by atoms with van der Waals surface area (Å²) in [5.74, 6) is -0.373. The van der Waals surface area contributed by atoms with Crippen molar-refractivity contribution in [2.45, 2.75) is 53.5 Å². The molecule has 0 aromatic heterocycles. The smallest absolute Gasteiger partial charge is 0.254 e. The minimum absolute atomic E-state index is 0.0479. The Balaban J connectivity index is 1.59. The van der Waals surface area contributed by atoms with Crippen LogP contribution in [0.25, 0.3) is 16.8 Å². The van der Waals surface area contributed by atoms with E-state index in [1.807, 2.05) is 26.1 Å². The molecule has 0 aliphatic carbocycles. The predicted molar refractivity (Wildman–Crippen MR) is 163 cm³/mol. The lowest BCUT2D eigenvalue weighted by molar-refractivity contribution is 0.0731. The van der Waals surface area contributed by atoms with Crippen molar-refractivity contribution in [1.29, 1.82) is 0 Å². The van der Waals surface area contributed by atoms with Crippen LogP contribution in [0, 0.1) is 5.82 Å². The average Bonchev–Trinajstić information content (AvgIpc) is 3.22. The van der Waals surface area contributed by atoms with Crippen molar-refractivity contribution < 1.29 is 18.7 Å². The third kappa shape index (κ3) is 6.43. The molecule has 0 saturated heterocycles. The summed E-state index contributed by atoms with van der Waals surface area (Å²) in [6, 6.07) is 17.5. The molecule has 3 aromatic carbocycles. The van der Waals surface area contributed by atoms with Crippen LogP contribution >= 0.6 is 0 Å². The van der Waals surface area contributed by atoms with Gasteiger partial charge in [0.05, 0.1) is 12.1 Å². The Hall–Kier alpha value is -4.19. The number of rotatable bonds is 9. The van der Waals surface area contributed by atoms with Crippen LogP contribution in [0.4, 0.5) is 4.39 Å². The Morgan fingerprint density at radius 1 is 1.00 bits per heavy atom. The van der Waals surface area contributed by atoms with E-state index >= 15 is 4.39 Å². The van der Waals surface area contributed by atoms with E-state index < -0.39 is 5.82 Å². The van der Waals surface area contributed by atoms with Gasteiger partial charge in [-0.15, -0.1) is 0 Å². The number of ether oxygens (including phenoxy) is 1. The SMILES string of the molecule is CC=C(c1ccc(-c2ccc3c(c2)CN(C(=O)c2ccc(C(=O)CC)c(F)c2CC)CCO3)cc1)N(C)C=CCC. The molecule has 1 aliphatic heterocycles. The minimum atomic E-state index is -0.587. The lowest BCUT2D eigenvalue weighted by atomic mass is 9.96. The lowest BCUT2D eigenvalue weighted by Crippen LogP contribution is -2.33. The van der Waals surface area contributed by atoms with Crippen molar-refractivity contribution in [1.82, 2.24) is 9.80 Å². The second kappa shape index (κ2) is 13.4. The maximum absolute atomic E-state index is 15.2. The van der Waals surface area contributed by atoms with Crippen molar-refractivity contribution in [2.75, 3.05) is 20.2 Å². The van der Waals surface area contributed by atoms with Gasteiger partial charge < -0.3 is 14.5 Å². The zero-order valence-corrected chi connectivity index (χ0v) is 24.7. The first-order valence-corrected chi connectivity index (χ1v) is 14.4. The highest BCUT2D eigenvalue weighted by Crippen LogP contribution is 2.31. The summed E-state index contributed by atoms with van der Waals surface area (Å²) in [7, 11) is 2.05. The summed E-state index contributed by atoms with van der Waals surface area (Å²) >= 11 is 0. The third-order valence-corrected chi connectivity index (χ3v) is 7.51. The van der Waals surface area contributed by atoms with Gasteiger partial charge in [-0.2, -0.15) is 0 Å². The molecule has 0 radical (unpaired) electrons. The fourth-order valence-corrected chi connectivity index (χ4v) is 5.24. The van der Waals surface area contributed by atoms with E-state index in [2.05, 4.69) is 60.5 Å². The van der Waals surface area contributed by atoms with E-state index in [0.717, 1.165) is 40.1 Å². The van der Waals surface area contributed by atoms with Crippen LogP contribution in [-0.4, -0.2) is 41.7 Å². The number of carbonyl (C=O) groups excluding carboxylic acids is 2. The van der Waals surface area contributed by atoms with Crippen LogP contribution in [0.3, 0.4) is 0 Å². The van der Waals surface area contributed by atoms with E-state index in [9.17, 15) is 9.59 Å². The first-order chi connectivity index (χ1) is 19.8. The van der Waals surface area contributed by atoms with E-state index in [-0.39, 0.29) is 29.2 Å². The van der Waals surface area contributed by atoms with E-state index in [1.54, 1.807) is 24.8 Å². The fourth-order valence-electron chi connectivity index (χ4n) is 5.24. The van der Waals surface area contributed by atoms with Crippen LogP contribution in [0.2, 0.25) is 0 Å². The Bertz CT molecular complexity index is 1470. The van der Waals surface area contributed by atoms with E-state index in [1.165, 1.54) is 6.07 Å². The third-order valence-electron chi connectivity index (χ3n) is 7.51. The Kier molecular flexibility index (Phi) is 9.77. The number of fused-ring (bicyclic) bond motifs is 1. The Labute approximate surface area is 242 Å². The number of Topliss-reactive ketones (excluding diaryl/α,β-unsaturated/α-hetero) is 1. The normalized spacial score (nSPS) is 13.5. The van der Waals surface area contributed by atoms with Gasteiger partial charge in [-0.3, -0.25) is 9.59 Å². The van der Waals surface area contributed by atoms with Crippen molar-refractivity contribution >= 4 is 17.4 Å². The number of ketones is 1. The molecule has 3 aromatic rings. The van der Waals surface area contributed by atoms with Gasteiger partial charge in [-0.25, -0.2) is 4.39 Å². The van der Waals surface area contributed by atoms with Gasteiger partial charge in [0, 0.05) is 42.4 Å². The number of benzene rings is 3. The fraction of sp³-hybridized carbons (Fsp3) is 0.314. The van der Waals surface area contributed by atoms with Gasteiger partial charge in [0.1, 0.15) is 18.2 Å². The topological polar surface area (TPSA) is 49.9 Å². The van der Waals surface area contributed by atoms with Crippen LogP contribution in [-0.2, 0) is 13.0 Å². The maximum atomic E-state index is 15.2. The monoisotopic (exact) mass is 554 g/mol. The van der Waals surface area contributed by atoms with Gasteiger partial charge >= 0.3 is 0 Å². The largest absolute Gasteiger partial charge is 0.491 e. The van der Waals surface area contributed by atoms with Gasteiger partial charge in [0.25, 0.3) is 5.91 Å². The summed E-state index contributed by atoms with van der Waals surface area (Å²) in [6.45, 7) is 8.72. The zero-order valence-electron chi connectivity index (χ0n) is 24.7. The number of hydrogen-bond acceptors (Lipinski definition) is 4. The number of carbonyl (C=O) groups is 2. The molecular weight excluding hydrogens is 515 g/mol. The van der Waals surface area contributed by atoms with E-state index in [4.69, 9.17) is 4.74 Å². The molecule has 0 unspecified atom stereocenters. The molecule has 0 atom stereocenters. The summed E-state index contributed by atoms with van der Waals surface area (Å²) in [5.41, 5.74) is 5.86. The average molecular weight is 555 g/mol. The van der Waals surface area contributed by atoms with Crippen LogP contribution in [0.15, 0.2) is 72.9 Å². The number of amides is 1. The molecule has 1 heterocycles. The number of hydrogen-bond donors (Lipinski definition) is 0. The lowest BCUT2D eigenvalue weighted by Gasteiger charge is -2.22. The quantitative estimate of drug-likeness (QED) is 0.252. The number of halogens is 1. The molecule has 0 saturated carbocycles. The molecule has 0 N–H and O–H groups in total. The Morgan fingerprint density at radius 2 is 1.71 bits per heavy atom. The summed E-state index contributed by atoms with van der Waals surface area (Å²) in [4.78, 5) is 29.7. The van der Waals surface area contributed by atoms with Gasteiger partial charge in [-0.05, 0) is 66.9 Å². The highest BCUT2D eigenvalue weighted by molar-refractivity contribution is 6.00. The zero-order chi connectivity index (χ0) is 29.5. The first-order valence-electron chi connectivity index (χ1n) is 14.4. The second-order valence-electron chi connectivity index (χ2n) is 10.1. The molecule has 6 heteroatoms. The molecule has 1 amide bonds. The van der Waals surface area contributed by atoms with Gasteiger partial charge in [0.2, 0.25) is 0 Å². The summed E-state index contributed by atoms with van der Waals surface area (Å²) in [5, 5.41) is 0. The predicted octanol–water partition coefficient (Wildman–Crippen LogP) is 7.90. The Morgan fingerprint density at radius 3 is 2.37 bits per heavy atom. The van der Waals surface area contributed by atoms with Gasteiger partial charge in [0.15, 0.2) is 5.78 Å². The number of allylic oxidation sites excluding steroid dienone is 2. The van der Waals surface area contributed by atoms with Crippen LogP contribution in [0.5, 0.6) is 5.75 Å². The minimum Gasteiger partial charge on any atom is -0.491 e. The summed E-state index contributed by atoms with van der Waals surface area (Å²) < 4.78 is 21.2. The highest BCUT2D eigenvalue weighted by Gasteiger charge is 2.26. The van der Waals surface area contributed by atoms with E-state index in [0.29, 0.717) is 31.7 Å².